The molecule has 20 heavy (non-hydrogen) atoms. The molecule has 0 radical (unpaired) electrons. The quantitative estimate of drug-likeness (QED) is 0.768. The fourth-order valence-corrected chi connectivity index (χ4v) is 1.73. The molecule has 0 aliphatic rings. The lowest BCUT2D eigenvalue weighted by molar-refractivity contribution is -0.304. The molecule has 2 aromatic rings. The first-order valence-electron chi connectivity index (χ1n) is 6.15. The molecular weight excluding hydrogens is 256 g/mol. The van der Waals surface area contributed by atoms with E-state index >= 15 is 0 Å². The summed E-state index contributed by atoms with van der Waals surface area (Å²) in [6.07, 6.45) is -0.167. The van der Waals surface area contributed by atoms with Crippen LogP contribution in [0.15, 0.2) is 54.6 Å². The Balaban J connectivity index is 1.94. The molecule has 0 saturated carbocycles. The number of rotatable bonds is 5. The Morgan fingerprint density at radius 3 is 2.15 bits per heavy atom. The number of benzene rings is 2. The summed E-state index contributed by atoms with van der Waals surface area (Å²) in [6.45, 7) is 0.209. The van der Waals surface area contributed by atoms with E-state index in [1.54, 1.807) is 24.3 Å². The van der Waals surface area contributed by atoms with Crippen LogP contribution < -0.4 is 5.11 Å². The Kier molecular flexibility index (Phi) is 4.50. The van der Waals surface area contributed by atoms with Gasteiger partial charge >= 0.3 is 5.97 Å². The van der Waals surface area contributed by atoms with Crippen molar-refractivity contribution in [3.63, 3.8) is 0 Å². The van der Waals surface area contributed by atoms with Crippen LogP contribution in [-0.2, 0) is 22.6 Å². The number of aliphatic carboxylic acids is 1. The topological polar surface area (TPSA) is 66.4 Å². The van der Waals surface area contributed by atoms with Crippen molar-refractivity contribution in [2.75, 3.05) is 0 Å². The molecule has 0 aromatic heterocycles. The molecule has 4 nitrogen and oxygen atoms in total. The molecule has 0 fully saturated rings. The summed E-state index contributed by atoms with van der Waals surface area (Å²) < 4.78 is 5.17. The number of ether oxygens (including phenoxy) is 1. The molecule has 0 bridgehead atoms. The number of hydrogen-bond acceptors (Lipinski definition) is 4. The minimum Gasteiger partial charge on any atom is -0.550 e. The number of carbonyl (C=O) groups excluding carboxylic acids is 2. The molecule has 102 valence electrons. The molecule has 0 N–H and O–H groups in total. The normalized spacial score (nSPS) is 10.0. The number of carboxylic acid groups (broad SMARTS) is 1. The SMILES string of the molecule is O=C([O-])Cc1ccc(C(=O)OCc2ccccc2)cc1. The van der Waals surface area contributed by atoms with Crippen LogP contribution in [0, 0.1) is 0 Å². The second-order valence-corrected chi connectivity index (χ2v) is 4.31. The first-order chi connectivity index (χ1) is 9.65. The van der Waals surface area contributed by atoms with Gasteiger partial charge in [0.15, 0.2) is 0 Å². The standard InChI is InChI=1S/C16H14O4/c17-15(18)10-12-6-8-14(9-7-12)16(19)20-11-13-4-2-1-3-5-13/h1-9H,10-11H2,(H,17,18)/p-1. The van der Waals surface area contributed by atoms with Crippen molar-refractivity contribution in [2.45, 2.75) is 13.0 Å². The lowest BCUT2D eigenvalue weighted by Crippen LogP contribution is -2.24. The molecule has 0 spiro atoms. The maximum atomic E-state index is 11.8. The summed E-state index contributed by atoms with van der Waals surface area (Å²) in [6, 6.07) is 15.6. The highest BCUT2D eigenvalue weighted by Crippen LogP contribution is 2.08. The van der Waals surface area contributed by atoms with Gasteiger partial charge in [0.1, 0.15) is 6.61 Å². The van der Waals surface area contributed by atoms with Crippen molar-refractivity contribution < 1.29 is 19.4 Å². The van der Waals surface area contributed by atoms with E-state index in [2.05, 4.69) is 0 Å². The zero-order valence-corrected chi connectivity index (χ0v) is 10.7. The smallest absolute Gasteiger partial charge is 0.338 e. The van der Waals surface area contributed by atoms with Crippen LogP contribution in [0.5, 0.6) is 0 Å². The highest BCUT2D eigenvalue weighted by atomic mass is 16.5. The van der Waals surface area contributed by atoms with E-state index in [0.717, 1.165) is 5.56 Å². The van der Waals surface area contributed by atoms with E-state index < -0.39 is 11.9 Å². The van der Waals surface area contributed by atoms with E-state index in [1.165, 1.54) is 0 Å². The second-order valence-electron chi connectivity index (χ2n) is 4.31. The average molecular weight is 269 g/mol. The first kappa shape index (κ1) is 13.8. The van der Waals surface area contributed by atoms with Gasteiger partial charge < -0.3 is 14.6 Å². The number of carboxylic acids is 1. The molecule has 4 heteroatoms. The van der Waals surface area contributed by atoms with Crippen molar-refractivity contribution in [3.05, 3.63) is 71.3 Å². The Morgan fingerprint density at radius 1 is 0.900 bits per heavy atom. The monoisotopic (exact) mass is 269 g/mol. The van der Waals surface area contributed by atoms with Gasteiger partial charge in [0.05, 0.1) is 5.56 Å². The van der Waals surface area contributed by atoms with Crippen LogP contribution in [-0.4, -0.2) is 11.9 Å². The maximum absolute atomic E-state index is 11.8. The van der Waals surface area contributed by atoms with Crippen LogP contribution in [0.3, 0.4) is 0 Å². The lowest BCUT2D eigenvalue weighted by Gasteiger charge is -2.06. The molecule has 2 rings (SSSR count). The van der Waals surface area contributed by atoms with Crippen LogP contribution in [0.25, 0.3) is 0 Å². The molecule has 0 saturated heterocycles. The van der Waals surface area contributed by atoms with Crippen LogP contribution in [0.1, 0.15) is 21.5 Å². The van der Waals surface area contributed by atoms with E-state index in [9.17, 15) is 14.7 Å². The maximum Gasteiger partial charge on any atom is 0.338 e. The summed E-state index contributed by atoms with van der Waals surface area (Å²) in [7, 11) is 0. The minimum absolute atomic E-state index is 0.167. The van der Waals surface area contributed by atoms with Crippen LogP contribution in [0.4, 0.5) is 0 Å². The van der Waals surface area contributed by atoms with Crippen molar-refractivity contribution in [3.8, 4) is 0 Å². The third-order valence-electron chi connectivity index (χ3n) is 2.75. The Hall–Kier alpha value is -2.62. The highest BCUT2D eigenvalue weighted by Gasteiger charge is 2.07. The summed E-state index contributed by atoms with van der Waals surface area (Å²) in [5.74, 6) is -1.58. The number of esters is 1. The van der Waals surface area contributed by atoms with Gasteiger partial charge in [0.25, 0.3) is 0 Å². The van der Waals surface area contributed by atoms with Gasteiger partial charge in [0.2, 0.25) is 0 Å². The van der Waals surface area contributed by atoms with Crippen molar-refractivity contribution >= 4 is 11.9 Å². The second kappa shape index (κ2) is 6.52. The van der Waals surface area contributed by atoms with E-state index in [1.807, 2.05) is 30.3 Å². The average Bonchev–Trinajstić information content (AvgIpc) is 2.46. The van der Waals surface area contributed by atoms with Crippen LogP contribution in [0.2, 0.25) is 0 Å². The summed E-state index contributed by atoms with van der Waals surface area (Å²) in [5.41, 5.74) is 1.89. The number of hydrogen-bond donors (Lipinski definition) is 0. The van der Waals surface area contributed by atoms with Gasteiger partial charge in [-0.15, -0.1) is 0 Å². The summed E-state index contributed by atoms with van der Waals surface area (Å²) in [4.78, 5) is 22.2. The Bertz CT molecular complexity index is 588. The first-order valence-corrected chi connectivity index (χ1v) is 6.15. The molecule has 0 aliphatic heterocycles. The van der Waals surface area contributed by atoms with Crippen LogP contribution >= 0.6 is 0 Å². The van der Waals surface area contributed by atoms with Gasteiger partial charge in [-0.25, -0.2) is 4.79 Å². The molecule has 2 aromatic carbocycles. The predicted octanol–water partition coefficient (Wildman–Crippen LogP) is 1.34. The zero-order valence-electron chi connectivity index (χ0n) is 10.7. The lowest BCUT2D eigenvalue weighted by atomic mass is 10.1. The predicted molar refractivity (Wildman–Crippen MR) is 70.7 cm³/mol. The van der Waals surface area contributed by atoms with E-state index in [-0.39, 0.29) is 13.0 Å². The zero-order chi connectivity index (χ0) is 14.4. The third-order valence-corrected chi connectivity index (χ3v) is 2.75. The van der Waals surface area contributed by atoms with Gasteiger partial charge in [-0.05, 0) is 23.3 Å². The summed E-state index contributed by atoms with van der Waals surface area (Å²) in [5, 5.41) is 10.4. The Morgan fingerprint density at radius 2 is 1.55 bits per heavy atom. The van der Waals surface area contributed by atoms with Gasteiger partial charge in [0, 0.05) is 12.4 Å². The molecule has 0 atom stereocenters. The highest BCUT2D eigenvalue weighted by molar-refractivity contribution is 5.89. The van der Waals surface area contributed by atoms with Gasteiger partial charge in [-0.1, -0.05) is 42.5 Å². The molecule has 0 aliphatic carbocycles. The summed E-state index contributed by atoms with van der Waals surface area (Å²) >= 11 is 0. The van der Waals surface area contributed by atoms with Crippen molar-refractivity contribution in [1.82, 2.24) is 0 Å². The molecule has 0 amide bonds. The van der Waals surface area contributed by atoms with E-state index in [4.69, 9.17) is 4.74 Å². The van der Waals surface area contributed by atoms with Gasteiger partial charge in [-0.3, -0.25) is 0 Å². The van der Waals surface area contributed by atoms with Gasteiger partial charge in [-0.2, -0.15) is 0 Å². The fraction of sp³-hybridized carbons (Fsp3) is 0.125. The van der Waals surface area contributed by atoms with E-state index in [0.29, 0.717) is 11.1 Å². The van der Waals surface area contributed by atoms with Crippen molar-refractivity contribution in [2.24, 2.45) is 0 Å². The number of carbonyl (C=O) groups is 2. The van der Waals surface area contributed by atoms with Crippen molar-refractivity contribution in [1.29, 1.82) is 0 Å². The fourth-order valence-electron chi connectivity index (χ4n) is 1.73. The molecular formula is C16H13O4-. The molecule has 0 heterocycles. The molecule has 0 unspecified atom stereocenters. The Labute approximate surface area is 116 Å². The minimum atomic E-state index is -1.15. The largest absolute Gasteiger partial charge is 0.550 e. The third kappa shape index (κ3) is 3.95.